The summed E-state index contributed by atoms with van der Waals surface area (Å²) in [5, 5.41) is 0. The van der Waals surface area contributed by atoms with Crippen molar-refractivity contribution < 1.29 is 0 Å². The SMILES string of the molecule is C=C1CC2(C)CCC(C)C(C)C2(C)C1=C. The van der Waals surface area contributed by atoms with Crippen LogP contribution < -0.4 is 0 Å². The van der Waals surface area contributed by atoms with Crippen LogP contribution in [0.1, 0.15) is 47.0 Å². The first-order chi connectivity index (χ1) is 6.83. The Labute approximate surface area is 94.5 Å². The van der Waals surface area contributed by atoms with Gasteiger partial charge < -0.3 is 0 Å². The fourth-order valence-corrected chi connectivity index (χ4v) is 4.03. The van der Waals surface area contributed by atoms with Gasteiger partial charge in [0.25, 0.3) is 0 Å². The quantitative estimate of drug-likeness (QED) is 0.542. The standard InChI is InChI=1S/C15H24/c1-10-7-8-14(5)9-11(2)13(4)15(14,6)12(10)3/h10,12H,2,4,7-9H2,1,3,5-6H3. The average molecular weight is 204 g/mol. The van der Waals surface area contributed by atoms with Crippen molar-refractivity contribution in [1.82, 2.24) is 0 Å². The maximum Gasteiger partial charge on any atom is 0.000642 e. The van der Waals surface area contributed by atoms with E-state index in [1.54, 1.807) is 0 Å². The van der Waals surface area contributed by atoms with Crippen LogP contribution >= 0.6 is 0 Å². The highest BCUT2D eigenvalue weighted by Crippen LogP contribution is 2.67. The number of rotatable bonds is 0. The van der Waals surface area contributed by atoms with E-state index >= 15 is 0 Å². The lowest BCUT2D eigenvalue weighted by atomic mass is 9.52. The number of allylic oxidation sites excluding steroid dienone is 2. The maximum atomic E-state index is 4.32. The molecule has 2 rings (SSSR count). The van der Waals surface area contributed by atoms with Gasteiger partial charge >= 0.3 is 0 Å². The van der Waals surface area contributed by atoms with Crippen LogP contribution in [0.25, 0.3) is 0 Å². The molecule has 0 aromatic rings. The van der Waals surface area contributed by atoms with E-state index in [0.29, 0.717) is 10.8 Å². The van der Waals surface area contributed by atoms with E-state index in [4.69, 9.17) is 0 Å². The van der Waals surface area contributed by atoms with Gasteiger partial charge in [0.1, 0.15) is 0 Å². The molecule has 0 spiro atoms. The zero-order valence-electron chi connectivity index (χ0n) is 10.7. The molecule has 0 saturated heterocycles. The Morgan fingerprint density at radius 2 is 1.80 bits per heavy atom. The number of fused-ring (bicyclic) bond motifs is 1. The highest BCUT2D eigenvalue weighted by Gasteiger charge is 2.57. The van der Waals surface area contributed by atoms with Crippen LogP contribution in [0, 0.1) is 22.7 Å². The number of hydrogen-bond donors (Lipinski definition) is 0. The smallest absolute Gasteiger partial charge is 0.000642 e. The van der Waals surface area contributed by atoms with Crippen molar-refractivity contribution in [3.8, 4) is 0 Å². The summed E-state index contributed by atoms with van der Waals surface area (Å²) >= 11 is 0. The molecule has 0 bridgehead atoms. The van der Waals surface area contributed by atoms with Crippen molar-refractivity contribution in [3.05, 3.63) is 24.3 Å². The highest BCUT2D eigenvalue weighted by molar-refractivity contribution is 5.42. The first-order valence-electron chi connectivity index (χ1n) is 6.20. The summed E-state index contributed by atoms with van der Waals surface area (Å²) in [5.74, 6) is 1.56. The van der Waals surface area contributed by atoms with Gasteiger partial charge in [0.05, 0.1) is 0 Å². The van der Waals surface area contributed by atoms with Gasteiger partial charge in [0, 0.05) is 5.41 Å². The maximum absolute atomic E-state index is 4.32. The molecule has 0 nitrogen and oxygen atoms in total. The van der Waals surface area contributed by atoms with Gasteiger partial charge in [0.15, 0.2) is 0 Å². The second-order valence-corrected chi connectivity index (χ2v) is 6.33. The van der Waals surface area contributed by atoms with Gasteiger partial charge in [-0.3, -0.25) is 0 Å². The molecule has 0 heteroatoms. The zero-order valence-corrected chi connectivity index (χ0v) is 10.7. The van der Waals surface area contributed by atoms with E-state index in [1.165, 1.54) is 30.4 Å². The van der Waals surface area contributed by atoms with E-state index in [0.717, 1.165) is 11.8 Å². The van der Waals surface area contributed by atoms with E-state index < -0.39 is 0 Å². The van der Waals surface area contributed by atoms with Crippen LogP contribution in [0.3, 0.4) is 0 Å². The van der Waals surface area contributed by atoms with Crippen LogP contribution in [-0.2, 0) is 0 Å². The highest BCUT2D eigenvalue weighted by atomic mass is 14.6. The van der Waals surface area contributed by atoms with Crippen LogP contribution in [-0.4, -0.2) is 0 Å². The average Bonchev–Trinajstić information content (AvgIpc) is 2.36. The third-order valence-corrected chi connectivity index (χ3v) is 5.83. The predicted octanol–water partition coefficient (Wildman–Crippen LogP) is 4.58. The normalized spacial score (nSPS) is 50.7. The molecule has 0 amide bonds. The van der Waals surface area contributed by atoms with Crippen LogP contribution in [0.4, 0.5) is 0 Å². The van der Waals surface area contributed by atoms with E-state index in [-0.39, 0.29) is 0 Å². The summed E-state index contributed by atoms with van der Waals surface area (Å²) in [7, 11) is 0. The largest absolute Gasteiger partial charge is 0.0955 e. The molecule has 2 saturated carbocycles. The van der Waals surface area contributed by atoms with Gasteiger partial charge in [-0.2, -0.15) is 0 Å². The Morgan fingerprint density at radius 1 is 1.20 bits per heavy atom. The Hall–Kier alpha value is -0.520. The van der Waals surface area contributed by atoms with Gasteiger partial charge in [-0.25, -0.2) is 0 Å². The van der Waals surface area contributed by atoms with Crippen LogP contribution in [0.2, 0.25) is 0 Å². The van der Waals surface area contributed by atoms with E-state index in [9.17, 15) is 0 Å². The van der Waals surface area contributed by atoms with E-state index in [1.807, 2.05) is 0 Å². The molecule has 0 radical (unpaired) electrons. The lowest BCUT2D eigenvalue weighted by Gasteiger charge is -2.52. The molecule has 84 valence electrons. The fourth-order valence-electron chi connectivity index (χ4n) is 4.03. The lowest BCUT2D eigenvalue weighted by molar-refractivity contribution is -0.00709. The molecule has 4 atom stereocenters. The topological polar surface area (TPSA) is 0 Å². The molecule has 0 N–H and O–H groups in total. The van der Waals surface area contributed by atoms with Crippen LogP contribution in [0.5, 0.6) is 0 Å². The van der Waals surface area contributed by atoms with Crippen molar-refractivity contribution >= 4 is 0 Å². The number of hydrogen-bond acceptors (Lipinski definition) is 0. The molecule has 0 aromatic carbocycles. The Kier molecular flexibility index (Phi) is 2.19. The van der Waals surface area contributed by atoms with Crippen molar-refractivity contribution in [1.29, 1.82) is 0 Å². The van der Waals surface area contributed by atoms with Crippen molar-refractivity contribution in [3.63, 3.8) is 0 Å². The van der Waals surface area contributed by atoms with Gasteiger partial charge in [-0.1, -0.05) is 46.4 Å². The first-order valence-corrected chi connectivity index (χ1v) is 6.20. The summed E-state index contributed by atoms with van der Waals surface area (Å²) < 4.78 is 0. The summed E-state index contributed by atoms with van der Waals surface area (Å²) in [5.41, 5.74) is 3.36. The molecular formula is C15H24. The first kappa shape index (κ1) is 11.0. The molecule has 0 aromatic heterocycles. The molecule has 0 heterocycles. The minimum Gasteiger partial charge on any atom is -0.0955 e. The summed E-state index contributed by atoms with van der Waals surface area (Å²) in [6.07, 6.45) is 3.88. The summed E-state index contributed by atoms with van der Waals surface area (Å²) in [6.45, 7) is 18.2. The Balaban J connectivity index is 2.50. The molecule has 2 aliphatic rings. The monoisotopic (exact) mass is 204 g/mol. The molecule has 2 fully saturated rings. The van der Waals surface area contributed by atoms with E-state index in [2.05, 4.69) is 40.9 Å². The molecule has 4 unspecified atom stereocenters. The van der Waals surface area contributed by atoms with Crippen LogP contribution in [0.15, 0.2) is 24.3 Å². The Morgan fingerprint density at radius 3 is 2.40 bits per heavy atom. The third kappa shape index (κ3) is 1.14. The Bertz CT molecular complexity index is 325. The zero-order chi connectivity index (χ0) is 11.4. The molecule has 15 heavy (non-hydrogen) atoms. The summed E-state index contributed by atoms with van der Waals surface area (Å²) in [4.78, 5) is 0. The van der Waals surface area contributed by atoms with Crippen molar-refractivity contribution in [2.45, 2.75) is 47.0 Å². The third-order valence-electron chi connectivity index (χ3n) is 5.83. The predicted molar refractivity (Wildman–Crippen MR) is 66.7 cm³/mol. The molecule has 0 aliphatic heterocycles. The van der Waals surface area contributed by atoms with Gasteiger partial charge in [0.2, 0.25) is 0 Å². The van der Waals surface area contributed by atoms with Crippen molar-refractivity contribution in [2.75, 3.05) is 0 Å². The second kappa shape index (κ2) is 2.99. The lowest BCUT2D eigenvalue weighted by Crippen LogP contribution is -2.45. The fraction of sp³-hybridized carbons (Fsp3) is 0.733. The van der Waals surface area contributed by atoms with Gasteiger partial charge in [-0.15, -0.1) is 0 Å². The van der Waals surface area contributed by atoms with Gasteiger partial charge in [-0.05, 0) is 42.1 Å². The van der Waals surface area contributed by atoms with Crippen molar-refractivity contribution in [2.24, 2.45) is 22.7 Å². The summed E-state index contributed by atoms with van der Waals surface area (Å²) in [6, 6.07) is 0. The second-order valence-electron chi connectivity index (χ2n) is 6.33. The minimum atomic E-state index is 0.293. The molecule has 2 aliphatic carbocycles. The minimum absolute atomic E-state index is 0.293. The molecular weight excluding hydrogens is 180 g/mol.